The van der Waals surface area contributed by atoms with Gasteiger partial charge in [-0.15, -0.1) is 11.8 Å². The van der Waals surface area contributed by atoms with E-state index in [1.165, 1.54) is 0 Å². The van der Waals surface area contributed by atoms with Gasteiger partial charge in [-0.2, -0.15) is 0 Å². The van der Waals surface area contributed by atoms with Crippen molar-refractivity contribution in [2.45, 2.75) is 68.0 Å². The van der Waals surface area contributed by atoms with Gasteiger partial charge in [-0.25, -0.2) is 0 Å². The van der Waals surface area contributed by atoms with Crippen LogP contribution < -0.4 is 10.6 Å². The number of hydrogen-bond acceptors (Lipinski definition) is 5. The fourth-order valence-electron chi connectivity index (χ4n) is 5.99. The number of thioether (sulfide) groups is 1. The van der Waals surface area contributed by atoms with Gasteiger partial charge in [0, 0.05) is 31.0 Å². The van der Waals surface area contributed by atoms with E-state index in [-0.39, 0.29) is 29.1 Å². The Balaban J connectivity index is 1.60. The normalized spacial score (nSPS) is 32.2. The average Bonchev–Trinajstić information content (AvgIpc) is 3.37. The van der Waals surface area contributed by atoms with E-state index in [1.807, 2.05) is 30.3 Å². The molecule has 33 heavy (non-hydrogen) atoms. The molecule has 4 rings (SSSR count). The van der Waals surface area contributed by atoms with Gasteiger partial charge in [-0.1, -0.05) is 43.7 Å². The summed E-state index contributed by atoms with van der Waals surface area (Å²) in [4.78, 5) is 42.2. The van der Waals surface area contributed by atoms with Crippen LogP contribution in [0.2, 0.25) is 0 Å². The number of unbranched alkanes of at least 4 members (excludes halogenated alkanes) is 1. The van der Waals surface area contributed by atoms with Crippen molar-refractivity contribution in [1.82, 2.24) is 15.5 Å². The number of aliphatic hydroxyl groups is 1. The molecule has 2 bridgehead atoms. The second-order valence-corrected chi connectivity index (χ2v) is 11.6. The Morgan fingerprint density at radius 1 is 1.15 bits per heavy atom. The zero-order chi connectivity index (χ0) is 23.6. The first-order valence-corrected chi connectivity index (χ1v) is 12.9. The standard InChI is InChI=1S/C25H35N3O4S/c1-3-4-13-26-22(31)20-25-12-11-24(2,33-25)18(19(25)23(32)28(20)14-8-15-29)21(30)27-16-17-9-6-5-7-10-17/h5-7,9-10,18-20,29H,3-4,8,11-16H2,1-2H3,(H,26,31)(H,27,30)/t18-,19-,20?,24+,25?/m0/s1. The van der Waals surface area contributed by atoms with Crippen molar-refractivity contribution in [2.75, 3.05) is 19.7 Å². The summed E-state index contributed by atoms with van der Waals surface area (Å²) in [5.41, 5.74) is 1.01. The lowest BCUT2D eigenvalue weighted by molar-refractivity contribution is -0.140. The van der Waals surface area contributed by atoms with Gasteiger partial charge in [-0.3, -0.25) is 14.4 Å². The molecule has 3 aliphatic rings. The van der Waals surface area contributed by atoms with Gasteiger partial charge in [0.2, 0.25) is 17.7 Å². The van der Waals surface area contributed by atoms with E-state index in [0.717, 1.165) is 31.2 Å². The van der Waals surface area contributed by atoms with Crippen LogP contribution in [0.25, 0.3) is 0 Å². The van der Waals surface area contributed by atoms with E-state index in [2.05, 4.69) is 24.5 Å². The lowest BCUT2D eigenvalue weighted by Gasteiger charge is -2.34. The number of benzene rings is 1. The van der Waals surface area contributed by atoms with Crippen LogP contribution in [-0.2, 0) is 20.9 Å². The molecule has 3 N–H and O–H groups in total. The molecule has 0 radical (unpaired) electrons. The van der Waals surface area contributed by atoms with Gasteiger partial charge in [0.25, 0.3) is 0 Å². The Labute approximate surface area is 200 Å². The summed E-state index contributed by atoms with van der Waals surface area (Å²) in [6, 6.07) is 9.14. The summed E-state index contributed by atoms with van der Waals surface area (Å²) in [5.74, 6) is -1.34. The second kappa shape index (κ2) is 9.66. The summed E-state index contributed by atoms with van der Waals surface area (Å²) in [5, 5.41) is 15.5. The molecule has 7 nitrogen and oxygen atoms in total. The molecule has 0 aromatic heterocycles. The predicted octanol–water partition coefficient (Wildman–Crippen LogP) is 2.08. The molecule has 0 saturated carbocycles. The van der Waals surface area contributed by atoms with Gasteiger partial charge in [0.1, 0.15) is 6.04 Å². The molecular weight excluding hydrogens is 438 g/mol. The van der Waals surface area contributed by atoms with E-state index in [9.17, 15) is 19.5 Å². The van der Waals surface area contributed by atoms with Crippen molar-refractivity contribution < 1.29 is 19.5 Å². The minimum Gasteiger partial charge on any atom is -0.396 e. The minimum atomic E-state index is -0.600. The molecular formula is C25H35N3O4S. The minimum absolute atomic E-state index is 0.0442. The molecule has 3 saturated heterocycles. The monoisotopic (exact) mass is 473 g/mol. The number of hydrogen-bond donors (Lipinski definition) is 3. The lowest BCUT2D eigenvalue weighted by atomic mass is 9.66. The maximum Gasteiger partial charge on any atom is 0.244 e. The number of nitrogens with one attached hydrogen (secondary N) is 2. The lowest BCUT2D eigenvalue weighted by Crippen LogP contribution is -2.54. The molecule has 5 atom stereocenters. The third-order valence-corrected chi connectivity index (χ3v) is 9.49. The quantitative estimate of drug-likeness (QED) is 0.452. The maximum absolute atomic E-state index is 13.7. The number of nitrogens with zero attached hydrogens (tertiary/aromatic N) is 1. The maximum atomic E-state index is 13.7. The summed E-state index contributed by atoms with van der Waals surface area (Å²) in [6.45, 7) is 5.43. The SMILES string of the molecule is CCCCNC(=O)C1N(CCCO)C(=O)[C@@H]2[C@@H](C(=O)NCc3ccccc3)[C@@]3(C)CCC12S3. The van der Waals surface area contributed by atoms with Crippen LogP contribution in [0.1, 0.15) is 51.5 Å². The van der Waals surface area contributed by atoms with Crippen molar-refractivity contribution in [3.8, 4) is 0 Å². The van der Waals surface area contributed by atoms with Gasteiger partial charge in [0.15, 0.2) is 0 Å². The van der Waals surface area contributed by atoms with Crippen LogP contribution in [-0.4, -0.2) is 63.0 Å². The van der Waals surface area contributed by atoms with Gasteiger partial charge >= 0.3 is 0 Å². The first-order chi connectivity index (χ1) is 15.9. The number of amides is 3. The Hall–Kier alpha value is -2.06. The van der Waals surface area contributed by atoms with Gasteiger partial charge < -0.3 is 20.6 Å². The Kier molecular flexibility index (Phi) is 7.05. The molecule has 1 aromatic carbocycles. The van der Waals surface area contributed by atoms with Crippen molar-refractivity contribution in [1.29, 1.82) is 0 Å². The summed E-state index contributed by atoms with van der Waals surface area (Å²) < 4.78 is -0.960. The predicted molar refractivity (Wildman–Crippen MR) is 128 cm³/mol. The highest BCUT2D eigenvalue weighted by Crippen LogP contribution is 2.71. The third kappa shape index (κ3) is 4.16. The van der Waals surface area contributed by atoms with E-state index in [0.29, 0.717) is 26.1 Å². The highest BCUT2D eigenvalue weighted by Gasteiger charge is 2.76. The van der Waals surface area contributed by atoms with Gasteiger partial charge in [0.05, 0.1) is 16.6 Å². The molecule has 3 heterocycles. The highest BCUT2D eigenvalue weighted by atomic mass is 32.2. The van der Waals surface area contributed by atoms with Crippen molar-refractivity contribution in [3.05, 3.63) is 35.9 Å². The number of carbonyl (C=O) groups is 3. The molecule has 2 unspecified atom stereocenters. The number of rotatable bonds is 10. The third-order valence-electron chi connectivity index (χ3n) is 7.50. The zero-order valence-corrected chi connectivity index (χ0v) is 20.3. The topological polar surface area (TPSA) is 98.7 Å². The molecule has 180 valence electrons. The number of likely N-dealkylation sites (tertiary alicyclic amines) is 1. The van der Waals surface area contributed by atoms with Crippen molar-refractivity contribution in [3.63, 3.8) is 0 Å². The zero-order valence-electron chi connectivity index (χ0n) is 19.5. The molecule has 3 amide bonds. The van der Waals surface area contributed by atoms with Crippen LogP contribution in [0.5, 0.6) is 0 Å². The van der Waals surface area contributed by atoms with E-state index in [4.69, 9.17) is 0 Å². The first kappa shape index (κ1) is 24.1. The van der Waals surface area contributed by atoms with E-state index >= 15 is 0 Å². The molecule has 1 spiro atoms. The number of carbonyl (C=O) groups excluding carboxylic acids is 3. The Morgan fingerprint density at radius 3 is 2.61 bits per heavy atom. The molecule has 0 aliphatic carbocycles. The summed E-state index contributed by atoms with van der Waals surface area (Å²) in [6.07, 6.45) is 3.82. The Bertz CT molecular complexity index is 897. The average molecular weight is 474 g/mol. The fraction of sp³-hybridized carbons (Fsp3) is 0.640. The molecule has 3 aliphatic heterocycles. The van der Waals surface area contributed by atoms with E-state index < -0.39 is 22.6 Å². The van der Waals surface area contributed by atoms with Crippen molar-refractivity contribution in [2.24, 2.45) is 11.8 Å². The smallest absolute Gasteiger partial charge is 0.244 e. The fourth-order valence-corrected chi connectivity index (χ4v) is 8.35. The highest BCUT2D eigenvalue weighted by molar-refractivity contribution is 8.02. The van der Waals surface area contributed by atoms with Crippen molar-refractivity contribution >= 4 is 29.5 Å². The van der Waals surface area contributed by atoms with Crippen LogP contribution in [0.15, 0.2) is 30.3 Å². The molecule has 8 heteroatoms. The molecule has 3 fully saturated rings. The van der Waals surface area contributed by atoms with Crippen LogP contribution >= 0.6 is 11.8 Å². The largest absolute Gasteiger partial charge is 0.396 e. The van der Waals surface area contributed by atoms with Crippen LogP contribution in [0, 0.1) is 11.8 Å². The van der Waals surface area contributed by atoms with E-state index in [1.54, 1.807) is 16.7 Å². The number of aliphatic hydroxyl groups excluding tert-OH is 1. The molecule has 1 aromatic rings. The summed E-state index contributed by atoms with van der Waals surface area (Å²) >= 11 is 1.68. The second-order valence-electron chi connectivity index (χ2n) is 9.68. The Morgan fingerprint density at radius 2 is 1.91 bits per heavy atom. The summed E-state index contributed by atoms with van der Waals surface area (Å²) in [7, 11) is 0. The van der Waals surface area contributed by atoms with Crippen LogP contribution in [0.3, 0.4) is 0 Å². The van der Waals surface area contributed by atoms with Crippen LogP contribution in [0.4, 0.5) is 0 Å². The van der Waals surface area contributed by atoms with Gasteiger partial charge in [-0.05, 0) is 38.2 Å². The number of fused-ring (bicyclic) bond motifs is 1. The first-order valence-electron chi connectivity index (χ1n) is 12.1.